The Morgan fingerprint density at radius 2 is 1.76 bits per heavy atom. The highest BCUT2D eigenvalue weighted by molar-refractivity contribution is 9.11. The zero-order valence-corrected chi connectivity index (χ0v) is 14.4. The molecule has 0 bridgehead atoms. The molecule has 0 aliphatic heterocycles. The van der Waals surface area contributed by atoms with Gasteiger partial charge in [-0.1, -0.05) is 18.2 Å². The summed E-state index contributed by atoms with van der Waals surface area (Å²) < 4.78 is 26.3. The van der Waals surface area contributed by atoms with Crippen LogP contribution in [0.25, 0.3) is 0 Å². The monoisotopic (exact) mass is 417 g/mol. The smallest absolute Gasteiger partial charge is 0.139 e. The fourth-order valence-electron chi connectivity index (χ4n) is 1.89. The Bertz CT molecular complexity index is 637. The lowest BCUT2D eigenvalue weighted by Gasteiger charge is -2.20. The zero-order valence-electron chi connectivity index (χ0n) is 11.3. The maximum Gasteiger partial charge on any atom is 0.139 e. The van der Waals surface area contributed by atoms with Gasteiger partial charge in [0.25, 0.3) is 0 Å². The summed E-state index contributed by atoms with van der Waals surface area (Å²) in [7, 11) is 1.58. The van der Waals surface area contributed by atoms with Gasteiger partial charge in [-0.15, -0.1) is 0 Å². The SMILES string of the molecule is COc1cc(Br)c(OC(CN)c2ccccc2F)cc1Br. The van der Waals surface area contributed by atoms with Crippen LogP contribution >= 0.6 is 31.9 Å². The average molecular weight is 419 g/mol. The van der Waals surface area contributed by atoms with Crippen LogP contribution in [0.1, 0.15) is 11.7 Å². The first-order valence-corrected chi connectivity index (χ1v) is 7.79. The molecule has 0 saturated heterocycles. The summed E-state index contributed by atoms with van der Waals surface area (Å²) in [6, 6.07) is 9.97. The van der Waals surface area contributed by atoms with Crippen LogP contribution in [0.15, 0.2) is 45.3 Å². The molecule has 2 aromatic carbocycles. The molecule has 0 amide bonds. The van der Waals surface area contributed by atoms with Gasteiger partial charge in [-0.2, -0.15) is 0 Å². The molecular formula is C15H14Br2FNO2. The number of nitrogens with two attached hydrogens (primary N) is 1. The number of ether oxygens (including phenoxy) is 2. The Morgan fingerprint density at radius 3 is 2.38 bits per heavy atom. The molecule has 112 valence electrons. The van der Waals surface area contributed by atoms with Gasteiger partial charge in [-0.25, -0.2) is 4.39 Å². The molecular weight excluding hydrogens is 405 g/mol. The second-order valence-corrected chi connectivity index (χ2v) is 5.99. The fraction of sp³-hybridized carbons (Fsp3) is 0.200. The van der Waals surface area contributed by atoms with Crippen molar-refractivity contribution in [3.05, 3.63) is 56.7 Å². The largest absolute Gasteiger partial charge is 0.496 e. The number of hydrogen-bond acceptors (Lipinski definition) is 3. The predicted octanol–water partition coefficient (Wildman–Crippen LogP) is 4.44. The number of rotatable bonds is 5. The zero-order chi connectivity index (χ0) is 15.4. The summed E-state index contributed by atoms with van der Waals surface area (Å²) in [5.74, 6) is 0.891. The van der Waals surface area contributed by atoms with E-state index < -0.39 is 6.10 Å². The predicted molar refractivity (Wildman–Crippen MR) is 87.2 cm³/mol. The number of halogens is 3. The van der Waals surface area contributed by atoms with Crippen LogP contribution in [0.2, 0.25) is 0 Å². The summed E-state index contributed by atoms with van der Waals surface area (Å²) in [4.78, 5) is 0. The first-order chi connectivity index (χ1) is 10.1. The van der Waals surface area contributed by atoms with Crippen LogP contribution in [-0.4, -0.2) is 13.7 Å². The molecule has 6 heteroatoms. The molecule has 2 N–H and O–H groups in total. The van der Waals surface area contributed by atoms with E-state index in [1.54, 1.807) is 37.4 Å². The maximum absolute atomic E-state index is 13.9. The normalized spacial score (nSPS) is 12.0. The maximum atomic E-state index is 13.9. The highest BCUT2D eigenvalue weighted by Crippen LogP contribution is 2.38. The number of methoxy groups -OCH3 is 1. The third-order valence-electron chi connectivity index (χ3n) is 2.94. The van der Waals surface area contributed by atoms with Crippen LogP contribution < -0.4 is 15.2 Å². The van der Waals surface area contributed by atoms with Crippen molar-refractivity contribution in [1.82, 2.24) is 0 Å². The van der Waals surface area contributed by atoms with Crippen molar-refractivity contribution in [2.45, 2.75) is 6.10 Å². The Labute approximate surface area is 139 Å². The molecule has 0 heterocycles. The van der Waals surface area contributed by atoms with E-state index in [2.05, 4.69) is 31.9 Å². The minimum Gasteiger partial charge on any atom is -0.496 e. The lowest BCUT2D eigenvalue weighted by Crippen LogP contribution is -2.19. The van der Waals surface area contributed by atoms with E-state index in [1.165, 1.54) is 6.07 Å². The van der Waals surface area contributed by atoms with Crippen molar-refractivity contribution in [1.29, 1.82) is 0 Å². The second kappa shape index (κ2) is 7.24. The number of benzene rings is 2. The minimum atomic E-state index is -0.567. The Morgan fingerprint density at radius 1 is 1.14 bits per heavy atom. The fourth-order valence-corrected chi connectivity index (χ4v) is 2.79. The third-order valence-corrected chi connectivity index (χ3v) is 4.18. The first kappa shape index (κ1) is 16.3. The summed E-state index contributed by atoms with van der Waals surface area (Å²) in [5, 5.41) is 0. The Kier molecular flexibility index (Phi) is 5.61. The van der Waals surface area contributed by atoms with Crippen LogP contribution in [0.5, 0.6) is 11.5 Å². The lowest BCUT2D eigenvalue weighted by molar-refractivity contribution is 0.207. The van der Waals surface area contributed by atoms with Crippen molar-refractivity contribution in [3.63, 3.8) is 0 Å². The van der Waals surface area contributed by atoms with Gasteiger partial charge in [-0.05, 0) is 50.1 Å². The van der Waals surface area contributed by atoms with Crippen molar-refractivity contribution >= 4 is 31.9 Å². The van der Waals surface area contributed by atoms with Gasteiger partial charge >= 0.3 is 0 Å². The quantitative estimate of drug-likeness (QED) is 0.780. The highest BCUT2D eigenvalue weighted by atomic mass is 79.9. The van der Waals surface area contributed by atoms with Crippen LogP contribution in [0, 0.1) is 5.82 Å². The van der Waals surface area contributed by atoms with E-state index in [9.17, 15) is 4.39 Å². The molecule has 0 aromatic heterocycles. The third kappa shape index (κ3) is 3.75. The summed E-state index contributed by atoms with van der Waals surface area (Å²) >= 11 is 6.80. The van der Waals surface area contributed by atoms with Gasteiger partial charge < -0.3 is 15.2 Å². The van der Waals surface area contributed by atoms with E-state index in [4.69, 9.17) is 15.2 Å². The van der Waals surface area contributed by atoms with Crippen LogP contribution in [-0.2, 0) is 0 Å². The number of hydrogen-bond donors (Lipinski definition) is 1. The van der Waals surface area contributed by atoms with E-state index in [0.717, 1.165) is 4.47 Å². The van der Waals surface area contributed by atoms with Gasteiger partial charge in [0.15, 0.2) is 0 Å². The Hall–Kier alpha value is -1.11. The molecule has 0 radical (unpaired) electrons. The van der Waals surface area contributed by atoms with Crippen molar-refractivity contribution < 1.29 is 13.9 Å². The molecule has 0 aliphatic rings. The molecule has 2 aromatic rings. The molecule has 21 heavy (non-hydrogen) atoms. The van der Waals surface area contributed by atoms with Crippen molar-refractivity contribution in [2.75, 3.05) is 13.7 Å². The van der Waals surface area contributed by atoms with Gasteiger partial charge in [0.1, 0.15) is 23.4 Å². The van der Waals surface area contributed by atoms with Gasteiger partial charge in [0, 0.05) is 12.1 Å². The van der Waals surface area contributed by atoms with Crippen LogP contribution in [0.3, 0.4) is 0 Å². The molecule has 1 atom stereocenters. The van der Waals surface area contributed by atoms with Crippen LogP contribution in [0.4, 0.5) is 4.39 Å². The van der Waals surface area contributed by atoms with Gasteiger partial charge in [0.05, 0.1) is 16.1 Å². The van der Waals surface area contributed by atoms with Crippen molar-refractivity contribution in [3.8, 4) is 11.5 Å². The van der Waals surface area contributed by atoms with E-state index in [0.29, 0.717) is 21.5 Å². The molecule has 0 spiro atoms. The van der Waals surface area contributed by atoms with E-state index in [1.807, 2.05) is 0 Å². The van der Waals surface area contributed by atoms with Gasteiger partial charge in [-0.3, -0.25) is 0 Å². The standard InChI is InChI=1S/C15H14Br2FNO2/c1-20-13-6-11(17)14(7-10(13)16)21-15(8-19)9-4-2-3-5-12(9)18/h2-7,15H,8,19H2,1H3. The first-order valence-electron chi connectivity index (χ1n) is 6.21. The summed E-state index contributed by atoms with van der Waals surface area (Å²) in [6.45, 7) is 0.164. The highest BCUT2D eigenvalue weighted by Gasteiger charge is 2.18. The Balaban J connectivity index is 2.31. The molecule has 0 aliphatic carbocycles. The summed E-state index contributed by atoms with van der Waals surface area (Å²) in [5.41, 5.74) is 6.15. The summed E-state index contributed by atoms with van der Waals surface area (Å²) in [6.07, 6.45) is -0.567. The lowest BCUT2D eigenvalue weighted by atomic mass is 10.1. The molecule has 0 saturated carbocycles. The molecule has 0 fully saturated rings. The topological polar surface area (TPSA) is 44.5 Å². The molecule has 2 rings (SSSR count). The van der Waals surface area contributed by atoms with E-state index in [-0.39, 0.29) is 12.4 Å². The second-order valence-electron chi connectivity index (χ2n) is 4.28. The minimum absolute atomic E-state index is 0.164. The van der Waals surface area contributed by atoms with Gasteiger partial charge in [0.2, 0.25) is 0 Å². The van der Waals surface area contributed by atoms with E-state index >= 15 is 0 Å². The van der Waals surface area contributed by atoms with Crippen molar-refractivity contribution in [2.24, 2.45) is 5.73 Å². The molecule has 1 unspecified atom stereocenters. The molecule has 3 nitrogen and oxygen atoms in total. The average Bonchev–Trinajstić information content (AvgIpc) is 2.48.